The van der Waals surface area contributed by atoms with Crippen molar-refractivity contribution in [2.45, 2.75) is 0 Å². The summed E-state index contributed by atoms with van der Waals surface area (Å²) in [6.45, 7) is 1.24. The van der Waals surface area contributed by atoms with E-state index in [1.165, 1.54) is 6.07 Å². The van der Waals surface area contributed by atoms with Crippen molar-refractivity contribution in [2.75, 3.05) is 25.0 Å². The molecule has 16 heavy (non-hydrogen) atoms. The van der Waals surface area contributed by atoms with E-state index in [9.17, 15) is 4.39 Å². The first-order valence-electron chi connectivity index (χ1n) is 5.17. The molecule has 2 aromatic rings. The van der Waals surface area contributed by atoms with Gasteiger partial charge in [-0.2, -0.15) is 0 Å². The topological polar surface area (TPSA) is 47.1 Å². The predicted octanol–water partition coefficient (Wildman–Crippen LogP) is 1.11. The third-order valence-electron chi connectivity index (χ3n) is 2.63. The maximum Gasteiger partial charge on any atom is 0.206 e. The lowest BCUT2D eigenvalue weighted by Crippen LogP contribution is -2.27. The minimum atomic E-state index is -0.250. The van der Waals surface area contributed by atoms with Gasteiger partial charge >= 0.3 is 0 Å². The Balaban J connectivity index is 2.56. The molecule has 86 valence electrons. The molecule has 0 aliphatic carbocycles. The highest BCUT2D eigenvalue weighted by Gasteiger charge is 2.13. The normalized spacial score (nSPS) is 11.0. The maximum atomic E-state index is 13.6. The molecule has 0 spiro atoms. The largest absolute Gasteiger partial charge is 0.344 e. The SMILES string of the molecule is CN(CCN)c1nc2cccc(F)c2n1C. The number of likely N-dealkylation sites (N-methyl/N-ethyl adjacent to an activating group) is 1. The molecule has 0 aliphatic rings. The standard InChI is InChI=1S/C11H15FN4/c1-15(7-6-13)11-14-9-5-3-4-8(12)10(9)16(11)2/h3-5H,6-7,13H2,1-2H3. The fraction of sp³-hybridized carbons (Fsp3) is 0.364. The van der Waals surface area contributed by atoms with E-state index in [4.69, 9.17) is 5.73 Å². The summed E-state index contributed by atoms with van der Waals surface area (Å²) in [4.78, 5) is 6.30. The van der Waals surface area contributed by atoms with Gasteiger partial charge in [0.05, 0.1) is 5.52 Å². The third-order valence-corrected chi connectivity index (χ3v) is 2.63. The van der Waals surface area contributed by atoms with Crippen LogP contribution in [0, 0.1) is 5.82 Å². The Hall–Kier alpha value is -1.62. The number of imidazole rings is 1. The number of benzene rings is 1. The minimum absolute atomic E-state index is 0.250. The molecule has 2 N–H and O–H groups in total. The van der Waals surface area contributed by atoms with E-state index in [1.807, 2.05) is 11.9 Å². The Bertz CT molecular complexity index is 506. The molecule has 0 aliphatic heterocycles. The molecule has 0 atom stereocenters. The van der Waals surface area contributed by atoms with Crippen LogP contribution in [0.5, 0.6) is 0 Å². The summed E-state index contributed by atoms with van der Waals surface area (Å²) in [5.74, 6) is 0.477. The molecular formula is C11H15FN4. The molecule has 4 nitrogen and oxygen atoms in total. The Kier molecular flexibility index (Phi) is 2.78. The van der Waals surface area contributed by atoms with Gasteiger partial charge in [0.25, 0.3) is 0 Å². The second-order valence-electron chi connectivity index (χ2n) is 3.79. The molecule has 1 heterocycles. The minimum Gasteiger partial charge on any atom is -0.344 e. The molecule has 1 aromatic carbocycles. The van der Waals surface area contributed by atoms with E-state index >= 15 is 0 Å². The van der Waals surface area contributed by atoms with Crippen LogP contribution in [0.25, 0.3) is 11.0 Å². The summed E-state index contributed by atoms with van der Waals surface area (Å²) in [7, 11) is 3.70. The first-order valence-corrected chi connectivity index (χ1v) is 5.17. The molecule has 5 heteroatoms. The number of aromatic nitrogens is 2. The highest BCUT2D eigenvalue weighted by atomic mass is 19.1. The molecular weight excluding hydrogens is 207 g/mol. The van der Waals surface area contributed by atoms with Gasteiger partial charge in [0.15, 0.2) is 0 Å². The number of rotatable bonds is 3. The van der Waals surface area contributed by atoms with Gasteiger partial charge in [-0.25, -0.2) is 9.37 Å². The first kappa shape index (κ1) is 10.9. The summed E-state index contributed by atoms with van der Waals surface area (Å²) in [6.07, 6.45) is 0. The lowest BCUT2D eigenvalue weighted by atomic mass is 10.3. The Morgan fingerprint density at radius 1 is 1.50 bits per heavy atom. The van der Waals surface area contributed by atoms with Gasteiger partial charge in [0.1, 0.15) is 11.3 Å². The van der Waals surface area contributed by atoms with Gasteiger partial charge in [0.2, 0.25) is 5.95 Å². The van der Waals surface area contributed by atoms with Crippen LogP contribution in [0.15, 0.2) is 18.2 Å². The fourth-order valence-electron chi connectivity index (χ4n) is 1.84. The van der Waals surface area contributed by atoms with Crippen molar-refractivity contribution in [2.24, 2.45) is 12.8 Å². The van der Waals surface area contributed by atoms with E-state index in [0.717, 1.165) is 5.95 Å². The zero-order chi connectivity index (χ0) is 11.7. The van der Waals surface area contributed by atoms with Crippen molar-refractivity contribution in [3.05, 3.63) is 24.0 Å². The number of nitrogens with two attached hydrogens (primary N) is 1. The molecule has 0 radical (unpaired) electrons. The quantitative estimate of drug-likeness (QED) is 0.846. The molecule has 0 fully saturated rings. The molecule has 0 bridgehead atoms. The van der Waals surface area contributed by atoms with Crippen LogP contribution in [0.2, 0.25) is 0 Å². The van der Waals surface area contributed by atoms with E-state index in [0.29, 0.717) is 24.1 Å². The van der Waals surface area contributed by atoms with Gasteiger partial charge in [0, 0.05) is 27.2 Å². The first-order chi connectivity index (χ1) is 7.65. The molecule has 1 aromatic heterocycles. The molecule has 0 amide bonds. The number of para-hydroxylation sites is 1. The lowest BCUT2D eigenvalue weighted by Gasteiger charge is -2.16. The number of hydrogen-bond acceptors (Lipinski definition) is 3. The third kappa shape index (κ3) is 1.63. The van der Waals surface area contributed by atoms with Crippen molar-refractivity contribution in [3.63, 3.8) is 0 Å². The number of aryl methyl sites for hydroxylation is 1. The Morgan fingerprint density at radius 2 is 2.25 bits per heavy atom. The van der Waals surface area contributed by atoms with Crippen molar-refractivity contribution < 1.29 is 4.39 Å². The van der Waals surface area contributed by atoms with Crippen LogP contribution in [-0.2, 0) is 7.05 Å². The van der Waals surface area contributed by atoms with Crippen LogP contribution in [-0.4, -0.2) is 29.7 Å². The van der Waals surface area contributed by atoms with Crippen molar-refractivity contribution in [1.29, 1.82) is 0 Å². The Labute approximate surface area is 93.5 Å². The second-order valence-corrected chi connectivity index (χ2v) is 3.79. The van der Waals surface area contributed by atoms with Gasteiger partial charge in [-0.3, -0.25) is 0 Å². The smallest absolute Gasteiger partial charge is 0.206 e. The highest BCUT2D eigenvalue weighted by Crippen LogP contribution is 2.22. The van der Waals surface area contributed by atoms with Gasteiger partial charge in [-0.1, -0.05) is 6.07 Å². The van der Waals surface area contributed by atoms with Crippen molar-refractivity contribution in [1.82, 2.24) is 9.55 Å². The zero-order valence-electron chi connectivity index (χ0n) is 9.44. The zero-order valence-corrected chi connectivity index (χ0v) is 9.44. The van der Waals surface area contributed by atoms with Crippen LogP contribution < -0.4 is 10.6 Å². The van der Waals surface area contributed by atoms with Gasteiger partial charge < -0.3 is 15.2 Å². The molecule has 0 saturated carbocycles. The van der Waals surface area contributed by atoms with E-state index in [2.05, 4.69) is 4.98 Å². The number of anilines is 1. The fourth-order valence-corrected chi connectivity index (χ4v) is 1.84. The number of nitrogens with zero attached hydrogens (tertiary/aromatic N) is 3. The van der Waals surface area contributed by atoms with E-state index < -0.39 is 0 Å². The van der Waals surface area contributed by atoms with Crippen LogP contribution >= 0.6 is 0 Å². The molecule has 0 saturated heterocycles. The predicted molar refractivity (Wildman–Crippen MR) is 63.0 cm³/mol. The van der Waals surface area contributed by atoms with Crippen LogP contribution in [0.4, 0.5) is 10.3 Å². The van der Waals surface area contributed by atoms with E-state index in [-0.39, 0.29) is 5.82 Å². The maximum absolute atomic E-state index is 13.6. The number of halogens is 1. The molecule has 0 unspecified atom stereocenters. The summed E-state index contributed by atoms with van der Waals surface area (Å²) in [5.41, 5.74) is 6.69. The van der Waals surface area contributed by atoms with Gasteiger partial charge in [-0.05, 0) is 12.1 Å². The number of fused-ring (bicyclic) bond motifs is 1. The molecule has 2 rings (SSSR count). The monoisotopic (exact) mass is 222 g/mol. The summed E-state index contributed by atoms with van der Waals surface area (Å²) in [5, 5.41) is 0. The number of hydrogen-bond donors (Lipinski definition) is 1. The van der Waals surface area contributed by atoms with E-state index in [1.54, 1.807) is 23.7 Å². The Morgan fingerprint density at radius 3 is 2.88 bits per heavy atom. The summed E-state index contributed by atoms with van der Waals surface area (Å²) < 4.78 is 15.4. The summed E-state index contributed by atoms with van der Waals surface area (Å²) in [6, 6.07) is 4.91. The average Bonchev–Trinajstić information content (AvgIpc) is 2.58. The average molecular weight is 222 g/mol. The highest BCUT2D eigenvalue weighted by molar-refractivity contribution is 5.79. The lowest BCUT2D eigenvalue weighted by molar-refractivity contribution is 0.631. The van der Waals surface area contributed by atoms with Crippen LogP contribution in [0.1, 0.15) is 0 Å². The van der Waals surface area contributed by atoms with Crippen molar-refractivity contribution >= 4 is 17.0 Å². The van der Waals surface area contributed by atoms with Crippen molar-refractivity contribution in [3.8, 4) is 0 Å². The van der Waals surface area contributed by atoms with Crippen LogP contribution in [0.3, 0.4) is 0 Å². The summed E-state index contributed by atoms with van der Waals surface area (Å²) >= 11 is 0. The second kappa shape index (κ2) is 4.09. The van der Waals surface area contributed by atoms with Gasteiger partial charge in [-0.15, -0.1) is 0 Å².